The van der Waals surface area contributed by atoms with Gasteiger partial charge in [-0.2, -0.15) is 0 Å². The number of anilines is 1. The number of aryl methyl sites for hydroxylation is 2. The molecule has 1 unspecified atom stereocenters. The maximum absolute atomic E-state index is 11.5. The Morgan fingerprint density at radius 1 is 1.25 bits per heavy atom. The molecule has 0 radical (unpaired) electrons. The number of hydrogen-bond acceptors (Lipinski definition) is 5. The molecule has 1 aliphatic heterocycles. The van der Waals surface area contributed by atoms with Crippen molar-refractivity contribution in [3.63, 3.8) is 0 Å². The molecule has 0 aliphatic carbocycles. The second-order valence-corrected chi connectivity index (χ2v) is 8.77. The second kappa shape index (κ2) is 7.66. The van der Waals surface area contributed by atoms with Crippen molar-refractivity contribution in [3.8, 4) is 0 Å². The summed E-state index contributed by atoms with van der Waals surface area (Å²) in [5, 5.41) is 14.6. The van der Waals surface area contributed by atoms with E-state index in [4.69, 9.17) is 9.72 Å². The van der Waals surface area contributed by atoms with Gasteiger partial charge in [-0.25, -0.2) is 4.98 Å². The van der Waals surface area contributed by atoms with Crippen LogP contribution in [0.1, 0.15) is 34.7 Å². The van der Waals surface area contributed by atoms with E-state index < -0.39 is 23.0 Å². The molecule has 7 heteroatoms. The summed E-state index contributed by atoms with van der Waals surface area (Å²) in [6, 6.07) is 11.5. The molecule has 0 spiro atoms. The molecule has 1 aromatic carbocycles. The van der Waals surface area contributed by atoms with Gasteiger partial charge in [0.05, 0.1) is 24.0 Å². The van der Waals surface area contributed by atoms with Gasteiger partial charge in [0.15, 0.2) is 5.65 Å². The molecule has 3 aromatic rings. The van der Waals surface area contributed by atoms with Crippen molar-refractivity contribution >= 4 is 22.1 Å². The average molecular weight is 400 g/mol. The molecule has 6 nitrogen and oxygen atoms in total. The fraction of sp³-hybridized carbons (Fsp3) is 0.381. The molecule has 0 fully saturated rings. The molecule has 0 amide bonds. The summed E-state index contributed by atoms with van der Waals surface area (Å²) < 4.78 is 19.6. The molecule has 4 rings (SSSR count). The summed E-state index contributed by atoms with van der Waals surface area (Å²) in [6.07, 6.45) is 2.32. The third-order valence-electron chi connectivity index (χ3n) is 5.39. The van der Waals surface area contributed by atoms with Gasteiger partial charge in [0, 0.05) is 40.3 Å². The zero-order valence-corrected chi connectivity index (χ0v) is 17.1. The predicted octanol–water partition coefficient (Wildman–Crippen LogP) is 2.92. The number of imidazole rings is 1. The Kier molecular flexibility index (Phi) is 5.23. The van der Waals surface area contributed by atoms with Crippen LogP contribution in [0.3, 0.4) is 0 Å². The molecular formula is C21H25N3O3S. The third kappa shape index (κ3) is 3.34. The molecule has 2 aromatic heterocycles. The number of hydrogen-bond donors (Lipinski definition) is 2. The Morgan fingerprint density at radius 3 is 2.71 bits per heavy atom. The van der Waals surface area contributed by atoms with Crippen molar-refractivity contribution in [1.29, 1.82) is 0 Å². The fourth-order valence-electron chi connectivity index (χ4n) is 3.76. The number of fused-ring (bicyclic) bond motifs is 3. The van der Waals surface area contributed by atoms with Crippen LogP contribution in [0.15, 0.2) is 42.6 Å². The molecule has 0 bridgehead atoms. The molecule has 0 saturated heterocycles. The number of aliphatic hydroxyl groups is 1. The highest BCUT2D eigenvalue weighted by Gasteiger charge is 2.38. The van der Waals surface area contributed by atoms with Crippen LogP contribution in [0.5, 0.6) is 0 Å². The Hall–Kier alpha value is -2.22. The van der Waals surface area contributed by atoms with Crippen molar-refractivity contribution in [1.82, 2.24) is 9.38 Å². The van der Waals surface area contributed by atoms with Crippen LogP contribution in [0.2, 0.25) is 0 Å². The lowest BCUT2D eigenvalue weighted by Gasteiger charge is -2.38. The van der Waals surface area contributed by atoms with E-state index in [1.807, 2.05) is 56.4 Å². The first kappa shape index (κ1) is 19.1. The van der Waals surface area contributed by atoms with Crippen LogP contribution in [0.25, 0.3) is 5.65 Å². The molecule has 3 heterocycles. The summed E-state index contributed by atoms with van der Waals surface area (Å²) >= 11 is 0. The summed E-state index contributed by atoms with van der Waals surface area (Å²) in [4.78, 5) is 4.74. The smallest absolute Gasteiger partial charge is 0.161 e. The minimum atomic E-state index is -0.944. The summed E-state index contributed by atoms with van der Waals surface area (Å²) in [5.74, 6) is 0.436. The molecular weight excluding hydrogens is 374 g/mol. The van der Waals surface area contributed by atoms with Gasteiger partial charge in [-0.15, -0.1) is 0 Å². The van der Waals surface area contributed by atoms with E-state index >= 15 is 0 Å². The standard InChI is InChI=1S/C21H25N3O3S/c1-13-14(2)24-10-9-16-18(21(24)22-13)23-17(15-7-5-4-6-8-15)19(25)20(16)27-11-12-28(3)26/h4-10,17,19-20,23,25H,11-12H2,1-3H3/t17-,19-,20+,28?/m1/s1. The lowest BCUT2D eigenvalue weighted by atomic mass is 9.89. The first-order valence-corrected chi connectivity index (χ1v) is 11.1. The lowest BCUT2D eigenvalue weighted by Crippen LogP contribution is -2.38. The number of benzene rings is 1. The van der Waals surface area contributed by atoms with Gasteiger partial charge in [-0.05, 0) is 25.5 Å². The number of nitrogens with one attached hydrogen (secondary N) is 1. The minimum Gasteiger partial charge on any atom is -0.388 e. The highest BCUT2D eigenvalue weighted by molar-refractivity contribution is 7.84. The monoisotopic (exact) mass is 399 g/mol. The van der Waals surface area contributed by atoms with Gasteiger partial charge in [-0.3, -0.25) is 4.21 Å². The van der Waals surface area contributed by atoms with Gasteiger partial charge >= 0.3 is 0 Å². The van der Waals surface area contributed by atoms with Crippen LogP contribution in [0.4, 0.5) is 5.69 Å². The van der Waals surface area contributed by atoms with Crippen molar-refractivity contribution in [2.45, 2.75) is 32.1 Å². The molecule has 2 N–H and O–H groups in total. The van der Waals surface area contributed by atoms with Gasteiger partial charge in [0.25, 0.3) is 0 Å². The lowest BCUT2D eigenvalue weighted by molar-refractivity contribution is -0.0454. The summed E-state index contributed by atoms with van der Waals surface area (Å²) in [7, 11) is -0.944. The highest BCUT2D eigenvalue weighted by Crippen LogP contribution is 2.43. The fourth-order valence-corrected chi connectivity index (χ4v) is 4.09. The van der Waals surface area contributed by atoms with Crippen LogP contribution in [-0.2, 0) is 15.5 Å². The first-order chi connectivity index (χ1) is 13.5. The predicted molar refractivity (Wildman–Crippen MR) is 111 cm³/mol. The van der Waals surface area contributed by atoms with Crippen LogP contribution >= 0.6 is 0 Å². The maximum Gasteiger partial charge on any atom is 0.161 e. The molecule has 4 atom stereocenters. The Balaban J connectivity index is 1.80. The Morgan fingerprint density at radius 2 is 2.00 bits per heavy atom. The van der Waals surface area contributed by atoms with E-state index in [0.717, 1.165) is 33.8 Å². The van der Waals surface area contributed by atoms with E-state index in [2.05, 4.69) is 9.72 Å². The number of rotatable bonds is 5. The SMILES string of the molecule is Cc1nc2c3c(ccn2c1C)[C@H](OCCS(C)=O)[C@H](O)[C@@H](c1ccccc1)N3. The Labute approximate surface area is 167 Å². The number of aromatic nitrogens is 2. The van der Waals surface area contributed by atoms with E-state index in [1.54, 1.807) is 6.26 Å². The van der Waals surface area contributed by atoms with Gasteiger partial charge in [-0.1, -0.05) is 30.3 Å². The highest BCUT2D eigenvalue weighted by atomic mass is 32.2. The number of nitrogens with zero attached hydrogens (tertiary/aromatic N) is 2. The minimum absolute atomic E-state index is 0.323. The van der Waals surface area contributed by atoms with Gasteiger partial charge in [0.2, 0.25) is 0 Å². The van der Waals surface area contributed by atoms with Crippen LogP contribution in [-0.4, -0.2) is 43.4 Å². The molecule has 1 aliphatic rings. The zero-order valence-electron chi connectivity index (χ0n) is 16.3. The van der Waals surface area contributed by atoms with Crippen molar-refractivity contribution in [3.05, 3.63) is 65.1 Å². The number of aliphatic hydroxyl groups excluding tert-OH is 1. The summed E-state index contributed by atoms with van der Waals surface area (Å²) in [6.45, 7) is 4.35. The molecule has 0 saturated carbocycles. The van der Waals surface area contributed by atoms with Gasteiger partial charge in [0.1, 0.15) is 12.2 Å². The van der Waals surface area contributed by atoms with Gasteiger partial charge < -0.3 is 19.6 Å². The normalized spacial score (nSPS) is 22.6. The van der Waals surface area contributed by atoms with Crippen molar-refractivity contribution < 1.29 is 14.1 Å². The number of pyridine rings is 1. The zero-order chi connectivity index (χ0) is 19.8. The Bertz CT molecular complexity index is 1020. The largest absolute Gasteiger partial charge is 0.388 e. The van der Waals surface area contributed by atoms with Crippen LogP contribution in [0, 0.1) is 13.8 Å². The van der Waals surface area contributed by atoms with Crippen molar-refractivity contribution in [2.75, 3.05) is 23.9 Å². The number of ether oxygens (including phenoxy) is 1. The van der Waals surface area contributed by atoms with Crippen LogP contribution < -0.4 is 5.32 Å². The quantitative estimate of drug-likeness (QED) is 0.690. The second-order valence-electron chi connectivity index (χ2n) is 7.21. The van der Waals surface area contributed by atoms with E-state index in [0.29, 0.717) is 12.4 Å². The van der Waals surface area contributed by atoms with Crippen molar-refractivity contribution in [2.24, 2.45) is 0 Å². The maximum atomic E-state index is 11.5. The van der Waals surface area contributed by atoms with E-state index in [9.17, 15) is 9.32 Å². The van der Waals surface area contributed by atoms with E-state index in [-0.39, 0.29) is 6.04 Å². The topological polar surface area (TPSA) is 75.9 Å². The summed E-state index contributed by atoms with van der Waals surface area (Å²) in [5.41, 5.74) is 5.61. The van der Waals surface area contributed by atoms with E-state index in [1.165, 1.54) is 0 Å². The average Bonchev–Trinajstić information content (AvgIpc) is 2.98. The molecule has 28 heavy (non-hydrogen) atoms. The third-order valence-corrected chi connectivity index (χ3v) is 6.13. The first-order valence-electron chi connectivity index (χ1n) is 9.36. The molecule has 148 valence electrons.